The molecule has 1 unspecified atom stereocenters. The molecule has 0 saturated carbocycles. The van der Waals surface area contributed by atoms with Crippen molar-refractivity contribution in [2.75, 3.05) is 14.1 Å². The number of nitrogens with zero attached hydrogens (tertiary/aromatic N) is 1. The molecule has 0 aliphatic rings. The molecule has 138 valence electrons. The van der Waals surface area contributed by atoms with Gasteiger partial charge in [0.25, 0.3) is 5.91 Å². The van der Waals surface area contributed by atoms with Crippen molar-refractivity contribution in [2.45, 2.75) is 19.0 Å². The molecule has 0 aromatic heterocycles. The number of halogens is 4. The Morgan fingerprint density at radius 2 is 1.73 bits per heavy atom. The molecule has 0 bridgehead atoms. The fraction of sp³-hybridized carbons (Fsp3) is 0.250. The molecule has 2 nitrogen and oxygen atoms in total. The Morgan fingerprint density at radius 3 is 2.23 bits per heavy atom. The second-order valence-electron chi connectivity index (χ2n) is 6.26. The highest BCUT2D eigenvalue weighted by atomic mass is 35.5. The van der Waals surface area contributed by atoms with Gasteiger partial charge in [-0.3, -0.25) is 4.79 Å². The largest absolute Gasteiger partial charge is 0.399 e. The lowest BCUT2D eigenvalue weighted by atomic mass is 9.95. The normalized spacial score (nSPS) is 13.0. The molecule has 0 heterocycles. The number of hydrogen-bond donors (Lipinski definition) is 0. The molecule has 0 aliphatic carbocycles. The van der Waals surface area contributed by atoms with Gasteiger partial charge in [-0.05, 0) is 47.9 Å². The van der Waals surface area contributed by atoms with Crippen molar-refractivity contribution in [3.63, 3.8) is 0 Å². The average molecular weight is 382 g/mol. The summed E-state index contributed by atoms with van der Waals surface area (Å²) in [5, 5.41) is 0.272. The SMILES string of the molecule is Cc1cc(Cl)cc(C(/C=C/c2ccc(C(=O)N(C)C)cc2)C(F)(F)F)c1. The number of allylic oxidation sites excluding steroid dienone is 1. The van der Waals surface area contributed by atoms with E-state index in [2.05, 4.69) is 0 Å². The van der Waals surface area contributed by atoms with Crippen LogP contribution in [0.1, 0.15) is 33.0 Å². The van der Waals surface area contributed by atoms with Crippen molar-refractivity contribution in [1.29, 1.82) is 0 Å². The number of aryl methyl sites for hydroxylation is 1. The van der Waals surface area contributed by atoms with Gasteiger partial charge in [-0.25, -0.2) is 0 Å². The number of amides is 1. The van der Waals surface area contributed by atoms with Crippen LogP contribution in [0.25, 0.3) is 6.08 Å². The van der Waals surface area contributed by atoms with Crippen LogP contribution in [0.15, 0.2) is 48.5 Å². The van der Waals surface area contributed by atoms with Gasteiger partial charge in [-0.1, -0.05) is 42.0 Å². The molecule has 0 spiro atoms. The Hall–Kier alpha value is -2.27. The highest BCUT2D eigenvalue weighted by Gasteiger charge is 2.39. The minimum Gasteiger partial charge on any atom is -0.345 e. The standard InChI is InChI=1S/C20H19ClF3NO/c1-13-10-16(12-17(21)11-13)18(20(22,23)24)9-6-14-4-7-15(8-5-14)19(26)25(2)3/h4-12,18H,1-3H3/b9-6+. The Balaban J connectivity index is 2.30. The van der Waals surface area contributed by atoms with Crippen molar-refractivity contribution < 1.29 is 18.0 Å². The summed E-state index contributed by atoms with van der Waals surface area (Å²) in [4.78, 5) is 13.3. The Morgan fingerprint density at radius 1 is 1.12 bits per heavy atom. The molecule has 0 aliphatic heterocycles. The zero-order valence-corrected chi connectivity index (χ0v) is 15.4. The van der Waals surface area contributed by atoms with Crippen LogP contribution in [0.4, 0.5) is 13.2 Å². The van der Waals surface area contributed by atoms with E-state index in [0.29, 0.717) is 16.7 Å². The second kappa shape index (κ2) is 7.96. The second-order valence-corrected chi connectivity index (χ2v) is 6.70. The fourth-order valence-electron chi connectivity index (χ4n) is 2.56. The van der Waals surface area contributed by atoms with Gasteiger partial charge in [0.2, 0.25) is 0 Å². The van der Waals surface area contributed by atoms with E-state index < -0.39 is 12.1 Å². The Labute approximate surface area is 155 Å². The summed E-state index contributed by atoms with van der Waals surface area (Å²) in [7, 11) is 3.27. The summed E-state index contributed by atoms with van der Waals surface area (Å²) >= 11 is 5.91. The van der Waals surface area contributed by atoms with Crippen LogP contribution < -0.4 is 0 Å². The van der Waals surface area contributed by atoms with E-state index in [9.17, 15) is 18.0 Å². The van der Waals surface area contributed by atoms with Gasteiger partial charge < -0.3 is 4.90 Å². The molecule has 26 heavy (non-hydrogen) atoms. The molecule has 2 aromatic carbocycles. The first-order chi connectivity index (χ1) is 12.1. The van der Waals surface area contributed by atoms with Crippen molar-refractivity contribution in [1.82, 2.24) is 4.90 Å². The summed E-state index contributed by atoms with van der Waals surface area (Å²) in [5.74, 6) is -1.92. The molecule has 1 atom stereocenters. The third kappa shape index (κ3) is 5.11. The van der Waals surface area contributed by atoms with Crippen LogP contribution in [0.3, 0.4) is 0 Å². The molecule has 0 N–H and O–H groups in total. The van der Waals surface area contributed by atoms with Crippen LogP contribution in [-0.2, 0) is 0 Å². The topological polar surface area (TPSA) is 20.3 Å². The van der Waals surface area contributed by atoms with Crippen LogP contribution in [0.5, 0.6) is 0 Å². The Kier molecular flexibility index (Phi) is 6.13. The van der Waals surface area contributed by atoms with Crippen molar-refractivity contribution in [3.8, 4) is 0 Å². The number of carbonyl (C=O) groups excluding carboxylic acids is 1. The van der Waals surface area contributed by atoms with Crippen LogP contribution in [-0.4, -0.2) is 31.1 Å². The average Bonchev–Trinajstić information content (AvgIpc) is 2.52. The third-order valence-electron chi connectivity index (χ3n) is 3.82. The Bertz CT molecular complexity index is 791. The maximum atomic E-state index is 13.5. The number of rotatable bonds is 4. The van der Waals surface area contributed by atoms with Gasteiger partial charge in [0, 0.05) is 24.7 Å². The zero-order chi connectivity index (χ0) is 19.5. The number of benzene rings is 2. The van der Waals surface area contributed by atoms with Gasteiger partial charge in [0.15, 0.2) is 0 Å². The molecule has 0 fully saturated rings. The van der Waals surface area contributed by atoms with E-state index in [1.807, 2.05) is 0 Å². The quantitative estimate of drug-likeness (QED) is 0.664. The van der Waals surface area contributed by atoms with Crippen molar-refractivity contribution in [2.24, 2.45) is 0 Å². The van der Waals surface area contributed by atoms with Crippen LogP contribution >= 0.6 is 11.6 Å². The maximum absolute atomic E-state index is 13.5. The predicted octanol–water partition coefficient (Wildman–Crippen LogP) is 5.71. The minimum absolute atomic E-state index is 0.0955. The lowest BCUT2D eigenvalue weighted by Gasteiger charge is -2.18. The van der Waals surface area contributed by atoms with Gasteiger partial charge in [0.1, 0.15) is 0 Å². The van der Waals surface area contributed by atoms with E-state index in [0.717, 1.165) is 6.08 Å². The summed E-state index contributed by atoms with van der Waals surface area (Å²) in [6.07, 6.45) is -1.93. The fourth-order valence-corrected chi connectivity index (χ4v) is 2.85. The lowest BCUT2D eigenvalue weighted by molar-refractivity contribution is -0.139. The molecule has 0 saturated heterocycles. The van der Waals surface area contributed by atoms with E-state index >= 15 is 0 Å². The third-order valence-corrected chi connectivity index (χ3v) is 4.04. The first-order valence-electron chi connectivity index (χ1n) is 7.91. The smallest absolute Gasteiger partial charge is 0.345 e. The first kappa shape index (κ1) is 20.0. The maximum Gasteiger partial charge on any atom is 0.399 e. The lowest BCUT2D eigenvalue weighted by Crippen LogP contribution is -2.21. The van der Waals surface area contributed by atoms with E-state index in [-0.39, 0.29) is 16.5 Å². The zero-order valence-electron chi connectivity index (χ0n) is 14.6. The van der Waals surface area contributed by atoms with Gasteiger partial charge in [-0.15, -0.1) is 0 Å². The van der Waals surface area contributed by atoms with E-state index in [1.54, 1.807) is 51.4 Å². The first-order valence-corrected chi connectivity index (χ1v) is 8.29. The van der Waals surface area contributed by atoms with Crippen LogP contribution in [0.2, 0.25) is 5.02 Å². The minimum atomic E-state index is -4.44. The molecular formula is C20H19ClF3NO. The van der Waals surface area contributed by atoms with E-state index in [1.165, 1.54) is 23.1 Å². The highest BCUT2D eigenvalue weighted by molar-refractivity contribution is 6.30. The molecule has 0 radical (unpaired) electrons. The van der Waals surface area contributed by atoms with Crippen LogP contribution in [0, 0.1) is 6.92 Å². The summed E-state index contributed by atoms with van der Waals surface area (Å²) in [6.45, 7) is 1.70. The van der Waals surface area contributed by atoms with Gasteiger partial charge >= 0.3 is 6.18 Å². The number of alkyl halides is 3. The molecular weight excluding hydrogens is 363 g/mol. The van der Waals surface area contributed by atoms with Crippen molar-refractivity contribution in [3.05, 3.63) is 75.8 Å². The van der Waals surface area contributed by atoms with Gasteiger partial charge in [0.05, 0.1) is 5.92 Å². The number of carbonyl (C=O) groups is 1. The monoisotopic (exact) mass is 381 g/mol. The van der Waals surface area contributed by atoms with Gasteiger partial charge in [-0.2, -0.15) is 13.2 Å². The molecule has 1 amide bonds. The molecule has 6 heteroatoms. The summed E-state index contributed by atoms with van der Waals surface area (Å²) in [5.41, 5.74) is 1.82. The molecule has 2 rings (SSSR count). The summed E-state index contributed by atoms with van der Waals surface area (Å²) < 4.78 is 40.5. The summed E-state index contributed by atoms with van der Waals surface area (Å²) in [6, 6.07) is 10.8. The molecule has 2 aromatic rings. The van der Waals surface area contributed by atoms with Crippen molar-refractivity contribution >= 4 is 23.6 Å². The predicted molar refractivity (Wildman–Crippen MR) is 98.5 cm³/mol. The number of hydrogen-bond acceptors (Lipinski definition) is 1. The van der Waals surface area contributed by atoms with E-state index in [4.69, 9.17) is 11.6 Å². The highest BCUT2D eigenvalue weighted by Crippen LogP contribution is 2.37.